The summed E-state index contributed by atoms with van der Waals surface area (Å²) < 4.78 is 0. The number of unbranched alkanes of at least 4 members (excludes halogenated alkanes) is 4. The molecule has 23 heavy (non-hydrogen) atoms. The molecule has 6 heteroatoms. The Balaban J connectivity index is 2.43. The lowest BCUT2D eigenvalue weighted by molar-refractivity contribution is -0.757. The Kier molecular flexibility index (Phi) is 7.38. The monoisotopic (exact) mass is 323 g/mol. The van der Waals surface area contributed by atoms with Crippen LogP contribution in [-0.2, 0) is 4.84 Å². The van der Waals surface area contributed by atoms with Gasteiger partial charge in [-0.3, -0.25) is 0 Å². The van der Waals surface area contributed by atoms with Crippen molar-refractivity contribution in [1.82, 2.24) is 0 Å². The molecule has 0 bridgehead atoms. The van der Waals surface area contributed by atoms with Crippen molar-refractivity contribution in [3.8, 4) is 11.5 Å². The van der Waals surface area contributed by atoms with Gasteiger partial charge in [-0.1, -0.05) is 25.0 Å². The third-order valence-electron chi connectivity index (χ3n) is 4.03. The summed E-state index contributed by atoms with van der Waals surface area (Å²) in [7, 11) is 0. The van der Waals surface area contributed by atoms with E-state index < -0.39 is 5.09 Å². The summed E-state index contributed by atoms with van der Waals surface area (Å²) in [6.45, 7) is 5.51. The average Bonchev–Trinajstić information content (AvgIpc) is 2.52. The maximum Gasteiger partial charge on any atom is 0.294 e. The summed E-state index contributed by atoms with van der Waals surface area (Å²) in [4.78, 5) is 14.2. The molecule has 1 aromatic carbocycles. The highest BCUT2D eigenvalue weighted by atomic mass is 16.9. The summed E-state index contributed by atoms with van der Waals surface area (Å²) in [6.07, 6.45) is 8.16. The van der Waals surface area contributed by atoms with Gasteiger partial charge in [0.1, 0.15) is 11.5 Å². The van der Waals surface area contributed by atoms with Crippen molar-refractivity contribution in [2.24, 2.45) is 0 Å². The van der Waals surface area contributed by atoms with Gasteiger partial charge in [-0.15, -0.1) is 10.1 Å². The second kappa shape index (κ2) is 9.02. The Hall–Kier alpha value is -2.24. The number of allylic oxidation sites excluding steroid dienone is 1. The van der Waals surface area contributed by atoms with E-state index in [-0.39, 0.29) is 18.1 Å². The van der Waals surface area contributed by atoms with E-state index in [1.165, 1.54) is 0 Å². The molecule has 0 spiro atoms. The van der Waals surface area contributed by atoms with E-state index in [0.717, 1.165) is 25.7 Å². The van der Waals surface area contributed by atoms with Gasteiger partial charge in [0.05, 0.1) is 6.61 Å². The lowest BCUT2D eigenvalue weighted by Gasteiger charge is -2.13. The van der Waals surface area contributed by atoms with Crippen LogP contribution < -0.4 is 0 Å². The molecule has 0 saturated carbocycles. The van der Waals surface area contributed by atoms with Gasteiger partial charge in [-0.05, 0) is 51.2 Å². The van der Waals surface area contributed by atoms with Crippen LogP contribution in [-0.4, -0.2) is 21.9 Å². The van der Waals surface area contributed by atoms with Gasteiger partial charge in [0.2, 0.25) is 0 Å². The van der Waals surface area contributed by atoms with Crippen LogP contribution >= 0.6 is 0 Å². The minimum atomic E-state index is -0.767. The number of benzene rings is 1. The van der Waals surface area contributed by atoms with Crippen LogP contribution in [0.15, 0.2) is 6.08 Å². The molecule has 0 radical (unpaired) electrons. The number of rotatable bonds is 9. The Morgan fingerprint density at radius 2 is 1.61 bits per heavy atom. The van der Waals surface area contributed by atoms with Crippen LogP contribution in [0.2, 0.25) is 0 Å². The first-order chi connectivity index (χ1) is 10.9. The lowest BCUT2D eigenvalue weighted by atomic mass is 9.97. The zero-order valence-corrected chi connectivity index (χ0v) is 14.0. The fraction of sp³-hybridized carbons (Fsp3) is 0.529. The second-order valence-corrected chi connectivity index (χ2v) is 5.65. The van der Waals surface area contributed by atoms with Crippen LogP contribution in [0.3, 0.4) is 0 Å². The van der Waals surface area contributed by atoms with Crippen molar-refractivity contribution >= 4 is 6.08 Å². The lowest BCUT2D eigenvalue weighted by Crippen LogP contribution is -2.01. The molecule has 0 atom stereocenters. The second-order valence-electron chi connectivity index (χ2n) is 5.65. The Labute approximate surface area is 136 Å². The molecule has 0 aromatic heterocycles. The van der Waals surface area contributed by atoms with Crippen molar-refractivity contribution in [2.75, 3.05) is 6.61 Å². The standard InChI is InChI=1S/C17H25NO5/c1-12-13(2)17(20)15(14(3)16(12)19)10-8-6-4-5-7-9-11-23-18(21)22/h8,10,19-20H,4-7,9,11H2,1-3H3/b10-8+. The van der Waals surface area contributed by atoms with Gasteiger partial charge in [0, 0.05) is 11.1 Å². The van der Waals surface area contributed by atoms with E-state index in [2.05, 4.69) is 4.84 Å². The smallest absolute Gasteiger partial charge is 0.294 e. The number of hydrogen-bond acceptors (Lipinski definition) is 5. The summed E-state index contributed by atoms with van der Waals surface area (Å²) in [5, 5.41) is 29.4. The Morgan fingerprint density at radius 3 is 2.26 bits per heavy atom. The molecular weight excluding hydrogens is 298 g/mol. The maximum atomic E-state index is 10.2. The number of hydrogen-bond donors (Lipinski definition) is 2. The van der Waals surface area contributed by atoms with Crippen LogP contribution in [0.4, 0.5) is 0 Å². The van der Waals surface area contributed by atoms with E-state index in [1.807, 2.05) is 12.2 Å². The summed E-state index contributed by atoms with van der Waals surface area (Å²) in [6, 6.07) is 0. The van der Waals surface area contributed by atoms with Gasteiger partial charge in [-0.2, -0.15) is 0 Å². The molecule has 0 saturated heterocycles. The zero-order chi connectivity index (χ0) is 17.4. The van der Waals surface area contributed by atoms with Crippen molar-refractivity contribution in [1.29, 1.82) is 0 Å². The van der Waals surface area contributed by atoms with Crippen LogP contribution in [0.25, 0.3) is 6.08 Å². The zero-order valence-electron chi connectivity index (χ0n) is 14.0. The van der Waals surface area contributed by atoms with Crippen molar-refractivity contribution in [3.63, 3.8) is 0 Å². The average molecular weight is 323 g/mol. The highest BCUT2D eigenvalue weighted by molar-refractivity contribution is 5.68. The molecule has 6 nitrogen and oxygen atoms in total. The molecule has 128 valence electrons. The highest BCUT2D eigenvalue weighted by Gasteiger charge is 2.14. The van der Waals surface area contributed by atoms with Crippen LogP contribution in [0.1, 0.15) is 54.4 Å². The first-order valence-electron chi connectivity index (χ1n) is 7.81. The first kappa shape index (κ1) is 18.8. The summed E-state index contributed by atoms with van der Waals surface area (Å²) in [5.41, 5.74) is 2.73. The molecule has 0 aliphatic heterocycles. The van der Waals surface area contributed by atoms with Crippen molar-refractivity contribution in [2.45, 2.75) is 52.9 Å². The van der Waals surface area contributed by atoms with Crippen LogP contribution in [0.5, 0.6) is 11.5 Å². The van der Waals surface area contributed by atoms with Gasteiger partial charge < -0.3 is 15.1 Å². The number of phenolic OH excluding ortho intramolecular Hbond substituents is 2. The number of aromatic hydroxyl groups is 2. The topological polar surface area (TPSA) is 92.8 Å². The molecule has 0 heterocycles. The molecule has 0 fully saturated rings. The van der Waals surface area contributed by atoms with Crippen LogP contribution in [0, 0.1) is 30.9 Å². The predicted molar refractivity (Wildman–Crippen MR) is 89.0 cm³/mol. The fourth-order valence-corrected chi connectivity index (χ4v) is 2.41. The van der Waals surface area contributed by atoms with E-state index in [1.54, 1.807) is 20.8 Å². The highest BCUT2D eigenvalue weighted by Crippen LogP contribution is 2.36. The third-order valence-corrected chi connectivity index (χ3v) is 4.03. The maximum absolute atomic E-state index is 10.2. The normalized spacial score (nSPS) is 11.1. The molecular formula is C17H25NO5. The predicted octanol–water partition coefficient (Wildman–Crippen LogP) is 4.20. The number of nitrogens with zero attached hydrogens (tertiary/aromatic N) is 1. The van der Waals surface area contributed by atoms with Gasteiger partial charge in [0.25, 0.3) is 5.09 Å². The third kappa shape index (κ3) is 5.47. The molecule has 0 aliphatic carbocycles. The molecule has 1 aromatic rings. The van der Waals surface area contributed by atoms with Gasteiger partial charge in [0.15, 0.2) is 0 Å². The van der Waals surface area contributed by atoms with Crippen molar-refractivity contribution < 1.29 is 20.1 Å². The largest absolute Gasteiger partial charge is 0.507 e. The summed E-state index contributed by atoms with van der Waals surface area (Å²) in [5.74, 6) is 0.441. The summed E-state index contributed by atoms with van der Waals surface area (Å²) >= 11 is 0. The first-order valence-corrected chi connectivity index (χ1v) is 7.81. The minimum absolute atomic E-state index is 0.151. The number of phenols is 2. The molecule has 0 aliphatic rings. The molecule has 2 N–H and O–H groups in total. The SMILES string of the molecule is Cc1c(C)c(O)c(/C=C/CCCCCCO[N+](=O)[O-])c(C)c1O. The van der Waals surface area contributed by atoms with E-state index in [9.17, 15) is 20.3 Å². The quantitative estimate of drug-likeness (QED) is 0.307. The Bertz CT molecular complexity index is 552. The van der Waals surface area contributed by atoms with E-state index in [4.69, 9.17) is 0 Å². The Morgan fingerprint density at radius 1 is 1.00 bits per heavy atom. The molecule has 1 rings (SSSR count). The van der Waals surface area contributed by atoms with Gasteiger partial charge in [-0.25, -0.2) is 0 Å². The molecule has 0 unspecified atom stereocenters. The van der Waals surface area contributed by atoms with E-state index in [0.29, 0.717) is 28.7 Å². The molecule has 0 amide bonds. The fourth-order valence-electron chi connectivity index (χ4n) is 2.41. The minimum Gasteiger partial charge on any atom is -0.507 e. The van der Waals surface area contributed by atoms with Gasteiger partial charge >= 0.3 is 0 Å². The van der Waals surface area contributed by atoms with Crippen molar-refractivity contribution in [3.05, 3.63) is 38.4 Å². The van der Waals surface area contributed by atoms with E-state index >= 15 is 0 Å².